The van der Waals surface area contributed by atoms with Crippen LogP contribution in [0.25, 0.3) is 10.6 Å². The fourth-order valence-corrected chi connectivity index (χ4v) is 3.75. The van der Waals surface area contributed by atoms with Crippen LogP contribution in [0.4, 0.5) is 0 Å². The highest BCUT2D eigenvalue weighted by Gasteiger charge is 2.36. The predicted octanol–water partition coefficient (Wildman–Crippen LogP) is 4.10. The Hall–Kier alpha value is -1.92. The molecular formula is C18H19ClN2O3S. The number of carboxylic acids is 1. The summed E-state index contributed by atoms with van der Waals surface area (Å²) >= 11 is 7.26. The number of hydrogen-bond acceptors (Lipinski definition) is 4. The predicted molar refractivity (Wildman–Crippen MR) is 98.2 cm³/mol. The van der Waals surface area contributed by atoms with Gasteiger partial charge < -0.3 is 10.0 Å². The second kappa shape index (κ2) is 7.14. The lowest BCUT2D eigenvalue weighted by Gasteiger charge is -2.23. The van der Waals surface area contributed by atoms with E-state index in [1.165, 1.54) is 11.3 Å². The lowest BCUT2D eigenvalue weighted by atomic mass is 10.1. The van der Waals surface area contributed by atoms with Crippen LogP contribution in [-0.4, -0.2) is 39.5 Å². The van der Waals surface area contributed by atoms with Gasteiger partial charge >= 0.3 is 5.97 Å². The van der Waals surface area contributed by atoms with Gasteiger partial charge in [-0.25, -0.2) is 4.98 Å². The third kappa shape index (κ3) is 4.02. The van der Waals surface area contributed by atoms with Gasteiger partial charge in [0.15, 0.2) is 0 Å². The van der Waals surface area contributed by atoms with Gasteiger partial charge in [0, 0.05) is 23.2 Å². The molecular weight excluding hydrogens is 360 g/mol. The summed E-state index contributed by atoms with van der Waals surface area (Å²) in [5.41, 5.74) is 1.59. The van der Waals surface area contributed by atoms with Crippen molar-refractivity contribution in [3.8, 4) is 10.6 Å². The van der Waals surface area contributed by atoms with Crippen LogP contribution in [0.15, 0.2) is 24.3 Å². The number of nitrogens with zero attached hydrogens (tertiary/aromatic N) is 2. The van der Waals surface area contributed by atoms with E-state index in [0.717, 1.165) is 23.4 Å². The van der Waals surface area contributed by atoms with Crippen LogP contribution < -0.4 is 0 Å². The number of carboxylic acid groups (broad SMARTS) is 1. The van der Waals surface area contributed by atoms with Crippen LogP contribution in [0, 0.1) is 12.8 Å². The van der Waals surface area contributed by atoms with E-state index in [-0.39, 0.29) is 18.5 Å². The Balaban J connectivity index is 1.85. The molecule has 25 heavy (non-hydrogen) atoms. The monoisotopic (exact) mass is 378 g/mol. The highest BCUT2D eigenvalue weighted by atomic mass is 35.5. The van der Waals surface area contributed by atoms with E-state index in [1.807, 2.05) is 19.1 Å². The number of aromatic nitrogens is 1. The van der Waals surface area contributed by atoms with Gasteiger partial charge in [-0.05, 0) is 31.9 Å². The van der Waals surface area contributed by atoms with E-state index in [0.29, 0.717) is 15.6 Å². The molecule has 1 amide bonds. The number of aryl methyl sites for hydroxylation is 1. The summed E-state index contributed by atoms with van der Waals surface area (Å²) in [6.07, 6.45) is 1.86. The molecule has 1 aromatic carbocycles. The van der Waals surface area contributed by atoms with Crippen molar-refractivity contribution in [1.29, 1.82) is 0 Å². The quantitative estimate of drug-likeness (QED) is 0.821. The molecule has 0 bridgehead atoms. The van der Waals surface area contributed by atoms with Crippen molar-refractivity contribution < 1.29 is 14.7 Å². The fraction of sp³-hybridized carbons (Fsp3) is 0.389. The Bertz CT molecular complexity index is 799. The zero-order valence-electron chi connectivity index (χ0n) is 14.0. The summed E-state index contributed by atoms with van der Waals surface area (Å²) < 4.78 is 0. The number of carbonyl (C=O) groups excluding carboxylic acids is 1. The molecule has 0 aliphatic heterocycles. The summed E-state index contributed by atoms with van der Waals surface area (Å²) in [5, 5.41) is 10.6. The van der Waals surface area contributed by atoms with E-state index in [2.05, 4.69) is 4.98 Å². The van der Waals surface area contributed by atoms with Crippen molar-refractivity contribution in [3.63, 3.8) is 0 Å². The molecule has 1 atom stereocenters. The number of benzene rings is 1. The molecule has 0 saturated heterocycles. The smallest absolute Gasteiger partial charge is 0.308 e. The first kappa shape index (κ1) is 17.9. The highest BCUT2D eigenvalue weighted by molar-refractivity contribution is 7.17. The average Bonchev–Trinajstić information content (AvgIpc) is 3.34. The molecule has 1 heterocycles. The van der Waals surface area contributed by atoms with Gasteiger partial charge in [-0.1, -0.05) is 30.7 Å². The molecule has 132 valence electrons. The molecule has 2 aromatic rings. The number of thiazole rings is 1. The topological polar surface area (TPSA) is 70.5 Å². The zero-order chi connectivity index (χ0) is 18.1. The summed E-state index contributed by atoms with van der Waals surface area (Å²) in [7, 11) is 0. The number of amides is 1. The van der Waals surface area contributed by atoms with Gasteiger partial charge in [-0.2, -0.15) is 0 Å². The Morgan fingerprint density at radius 1 is 1.36 bits per heavy atom. The first-order valence-electron chi connectivity index (χ1n) is 8.14. The maximum atomic E-state index is 13.0. The highest BCUT2D eigenvalue weighted by Crippen LogP contribution is 2.33. The molecule has 5 nitrogen and oxygen atoms in total. The summed E-state index contributed by atoms with van der Waals surface area (Å²) in [5.74, 6) is -1.60. The van der Waals surface area contributed by atoms with E-state index >= 15 is 0 Å². The Morgan fingerprint density at radius 2 is 2.00 bits per heavy atom. The van der Waals surface area contributed by atoms with Crippen LogP contribution in [-0.2, 0) is 4.79 Å². The van der Waals surface area contributed by atoms with Crippen LogP contribution in [0.3, 0.4) is 0 Å². The lowest BCUT2D eigenvalue weighted by Crippen LogP contribution is -2.38. The van der Waals surface area contributed by atoms with Gasteiger partial charge in [-0.15, -0.1) is 11.3 Å². The molecule has 0 spiro atoms. The van der Waals surface area contributed by atoms with Crippen molar-refractivity contribution in [2.75, 3.05) is 6.54 Å². The van der Waals surface area contributed by atoms with Crippen LogP contribution in [0.2, 0.25) is 5.02 Å². The Labute approximate surface area is 155 Å². The molecule has 7 heteroatoms. The second-order valence-corrected chi connectivity index (χ2v) is 7.80. The van der Waals surface area contributed by atoms with Crippen LogP contribution in [0.1, 0.15) is 35.1 Å². The van der Waals surface area contributed by atoms with Gasteiger partial charge in [-0.3, -0.25) is 9.59 Å². The average molecular weight is 379 g/mol. The third-order valence-corrected chi connectivity index (χ3v) is 5.67. The molecule has 1 unspecified atom stereocenters. The molecule has 1 aromatic heterocycles. The van der Waals surface area contributed by atoms with Crippen molar-refractivity contribution >= 4 is 34.8 Å². The van der Waals surface area contributed by atoms with Gasteiger partial charge in [0.05, 0.1) is 11.6 Å². The van der Waals surface area contributed by atoms with E-state index in [1.54, 1.807) is 24.0 Å². The molecule has 0 radical (unpaired) electrons. The van der Waals surface area contributed by atoms with Gasteiger partial charge in [0.1, 0.15) is 9.88 Å². The second-order valence-electron chi connectivity index (χ2n) is 6.37. The standard InChI is InChI=1S/C18H19ClN2O3S/c1-10(18(23)24)9-21(14-7-8-14)17(22)15-11(2)20-16(25-15)12-3-5-13(19)6-4-12/h3-6,10,14H,7-9H2,1-2H3,(H,23,24). The first-order valence-corrected chi connectivity index (χ1v) is 9.33. The Morgan fingerprint density at radius 3 is 2.56 bits per heavy atom. The van der Waals surface area contributed by atoms with E-state index in [4.69, 9.17) is 16.7 Å². The molecule has 1 aliphatic carbocycles. The number of carbonyl (C=O) groups is 2. The minimum atomic E-state index is -0.888. The minimum absolute atomic E-state index is 0.120. The van der Waals surface area contributed by atoms with Gasteiger partial charge in [0.25, 0.3) is 5.91 Å². The molecule has 3 rings (SSSR count). The largest absolute Gasteiger partial charge is 0.481 e. The molecule has 1 fully saturated rings. The Kier molecular flexibility index (Phi) is 5.11. The van der Waals surface area contributed by atoms with Crippen LogP contribution >= 0.6 is 22.9 Å². The normalized spacial score (nSPS) is 15.0. The van der Waals surface area contributed by atoms with Crippen molar-refractivity contribution in [3.05, 3.63) is 39.9 Å². The number of halogens is 1. The number of rotatable bonds is 6. The zero-order valence-corrected chi connectivity index (χ0v) is 15.6. The van der Waals surface area contributed by atoms with Crippen molar-refractivity contribution in [2.24, 2.45) is 5.92 Å². The molecule has 1 aliphatic rings. The fourth-order valence-electron chi connectivity index (χ4n) is 2.60. The number of aliphatic carboxylic acids is 1. The number of hydrogen-bond donors (Lipinski definition) is 1. The SMILES string of the molecule is Cc1nc(-c2ccc(Cl)cc2)sc1C(=O)N(CC(C)C(=O)O)C1CC1. The maximum Gasteiger partial charge on any atom is 0.308 e. The van der Waals surface area contributed by atoms with Gasteiger partial charge in [0.2, 0.25) is 0 Å². The summed E-state index contributed by atoms with van der Waals surface area (Å²) in [6, 6.07) is 7.48. The first-order chi connectivity index (χ1) is 11.9. The minimum Gasteiger partial charge on any atom is -0.481 e. The van der Waals surface area contributed by atoms with E-state index in [9.17, 15) is 9.59 Å². The summed E-state index contributed by atoms with van der Waals surface area (Å²) in [6.45, 7) is 3.67. The van der Waals surface area contributed by atoms with Crippen molar-refractivity contribution in [2.45, 2.75) is 32.7 Å². The van der Waals surface area contributed by atoms with Crippen LogP contribution in [0.5, 0.6) is 0 Å². The van der Waals surface area contributed by atoms with Crippen molar-refractivity contribution in [1.82, 2.24) is 9.88 Å². The third-order valence-electron chi connectivity index (χ3n) is 4.22. The molecule has 1 saturated carbocycles. The van der Waals surface area contributed by atoms with E-state index < -0.39 is 11.9 Å². The lowest BCUT2D eigenvalue weighted by molar-refractivity contribution is -0.141. The maximum absolute atomic E-state index is 13.0. The molecule has 1 N–H and O–H groups in total. The summed E-state index contributed by atoms with van der Waals surface area (Å²) in [4.78, 5) is 30.9.